The molecule has 0 saturated heterocycles. The predicted molar refractivity (Wildman–Crippen MR) is 74.6 cm³/mol. The molecule has 3 nitrogen and oxygen atoms in total. The molecule has 0 bridgehead atoms. The second-order valence-corrected chi connectivity index (χ2v) is 4.63. The molecule has 1 aromatic carbocycles. The molecule has 1 heterocycles. The van der Waals surface area contributed by atoms with Gasteiger partial charge in [0.25, 0.3) is 0 Å². The Balaban J connectivity index is 1.70. The molecule has 1 aliphatic rings. The van der Waals surface area contributed by atoms with Crippen LogP contribution in [0, 0.1) is 0 Å². The lowest BCUT2D eigenvalue weighted by molar-refractivity contribution is 0.668. The van der Waals surface area contributed by atoms with E-state index in [0.29, 0.717) is 0 Å². The number of aromatic nitrogens is 1. The summed E-state index contributed by atoms with van der Waals surface area (Å²) in [6, 6.07) is 14.3. The minimum atomic E-state index is 0.888. The van der Waals surface area contributed by atoms with Crippen molar-refractivity contribution in [3.63, 3.8) is 0 Å². The number of rotatable bonds is 3. The maximum Gasteiger partial charge on any atom is 0.144 e. The zero-order chi connectivity index (χ0) is 12.2. The van der Waals surface area contributed by atoms with Gasteiger partial charge < -0.3 is 0 Å². The second kappa shape index (κ2) is 5.08. The van der Waals surface area contributed by atoms with Crippen LogP contribution in [0.1, 0.15) is 24.1 Å². The topological polar surface area (TPSA) is 37.0 Å². The summed E-state index contributed by atoms with van der Waals surface area (Å²) in [6.07, 6.45) is 4.84. The molecule has 0 amide bonds. The number of nitrogens with one attached hydrogen (secondary N) is 2. The van der Waals surface area contributed by atoms with Gasteiger partial charge in [0.15, 0.2) is 0 Å². The van der Waals surface area contributed by atoms with E-state index >= 15 is 0 Å². The van der Waals surface area contributed by atoms with E-state index in [0.717, 1.165) is 17.9 Å². The van der Waals surface area contributed by atoms with Crippen LogP contribution in [0.2, 0.25) is 0 Å². The number of nitrogens with zero attached hydrogens (tertiary/aromatic N) is 1. The van der Waals surface area contributed by atoms with Crippen molar-refractivity contribution in [3.05, 3.63) is 53.7 Å². The lowest BCUT2D eigenvalue weighted by atomic mass is 9.96. The highest BCUT2D eigenvalue weighted by molar-refractivity contribution is 5.49. The van der Waals surface area contributed by atoms with E-state index in [1.165, 1.54) is 30.5 Å². The fourth-order valence-corrected chi connectivity index (χ4v) is 2.31. The van der Waals surface area contributed by atoms with Crippen LogP contribution in [0.25, 0.3) is 0 Å². The van der Waals surface area contributed by atoms with Crippen LogP contribution in [-0.2, 0) is 12.8 Å². The van der Waals surface area contributed by atoms with Gasteiger partial charge >= 0.3 is 0 Å². The van der Waals surface area contributed by atoms with Crippen molar-refractivity contribution < 1.29 is 0 Å². The average Bonchev–Trinajstić information content (AvgIpc) is 2.46. The van der Waals surface area contributed by atoms with Gasteiger partial charge in [-0.3, -0.25) is 10.9 Å². The van der Waals surface area contributed by atoms with Crippen LogP contribution in [0.4, 0.5) is 11.5 Å². The summed E-state index contributed by atoms with van der Waals surface area (Å²) in [5, 5.41) is 0. The molecule has 1 aromatic heterocycles. The molecule has 0 spiro atoms. The molecule has 0 aliphatic heterocycles. The van der Waals surface area contributed by atoms with Crippen molar-refractivity contribution in [3.8, 4) is 0 Å². The van der Waals surface area contributed by atoms with Crippen LogP contribution in [0.15, 0.2) is 42.5 Å². The fourth-order valence-electron chi connectivity index (χ4n) is 2.31. The minimum Gasteiger partial charge on any atom is -0.300 e. The number of hydrogen-bond donors (Lipinski definition) is 2. The zero-order valence-corrected chi connectivity index (χ0v) is 10.3. The smallest absolute Gasteiger partial charge is 0.144 e. The number of benzene rings is 1. The number of pyridine rings is 1. The van der Waals surface area contributed by atoms with Gasteiger partial charge in [-0.1, -0.05) is 24.3 Å². The Hall–Kier alpha value is -2.03. The van der Waals surface area contributed by atoms with Crippen LogP contribution < -0.4 is 10.9 Å². The summed E-state index contributed by atoms with van der Waals surface area (Å²) in [5.41, 5.74) is 10.0. The Morgan fingerprint density at radius 1 is 0.833 bits per heavy atom. The second-order valence-electron chi connectivity index (χ2n) is 4.63. The summed E-state index contributed by atoms with van der Waals surface area (Å²) in [5.74, 6) is 0.888. The van der Waals surface area contributed by atoms with Crippen LogP contribution in [-0.4, -0.2) is 4.98 Å². The Morgan fingerprint density at radius 2 is 1.67 bits per heavy atom. The first kappa shape index (κ1) is 11.1. The third-order valence-electron chi connectivity index (χ3n) is 3.29. The van der Waals surface area contributed by atoms with Crippen molar-refractivity contribution in [2.24, 2.45) is 0 Å². The molecule has 3 heteroatoms. The Bertz CT molecular complexity index is 523. The van der Waals surface area contributed by atoms with E-state index in [-0.39, 0.29) is 0 Å². The molecular weight excluding hydrogens is 222 g/mol. The molecule has 3 rings (SSSR count). The van der Waals surface area contributed by atoms with Crippen molar-refractivity contribution in [1.29, 1.82) is 0 Å². The van der Waals surface area contributed by atoms with Gasteiger partial charge in [-0.2, -0.15) is 0 Å². The van der Waals surface area contributed by atoms with E-state index in [4.69, 9.17) is 0 Å². The Morgan fingerprint density at radius 3 is 2.56 bits per heavy atom. The number of para-hydroxylation sites is 1. The van der Waals surface area contributed by atoms with Gasteiger partial charge in [-0.15, -0.1) is 0 Å². The van der Waals surface area contributed by atoms with Crippen molar-refractivity contribution in [2.75, 3.05) is 10.9 Å². The van der Waals surface area contributed by atoms with Gasteiger partial charge in [0.2, 0.25) is 0 Å². The van der Waals surface area contributed by atoms with Gasteiger partial charge in [0.05, 0.1) is 5.69 Å². The van der Waals surface area contributed by atoms with Crippen LogP contribution >= 0.6 is 0 Å². The Kier molecular flexibility index (Phi) is 3.13. The molecule has 0 radical (unpaired) electrons. The lowest BCUT2D eigenvalue weighted by Crippen LogP contribution is -2.12. The van der Waals surface area contributed by atoms with E-state index in [2.05, 4.69) is 21.9 Å². The van der Waals surface area contributed by atoms with Crippen molar-refractivity contribution in [2.45, 2.75) is 25.7 Å². The normalized spacial score (nSPS) is 13.8. The quantitative estimate of drug-likeness (QED) is 0.806. The van der Waals surface area contributed by atoms with E-state index in [9.17, 15) is 0 Å². The molecule has 0 atom stereocenters. The zero-order valence-electron chi connectivity index (χ0n) is 10.3. The summed E-state index contributed by atoms with van der Waals surface area (Å²) >= 11 is 0. The monoisotopic (exact) mass is 239 g/mol. The number of aryl methyl sites for hydroxylation is 2. The molecule has 0 fully saturated rings. The summed E-state index contributed by atoms with van der Waals surface area (Å²) in [7, 11) is 0. The van der Waals surface area contributed by atoms with E-state index < -0.39 is 0 Å². The predicted octanol–water partition coefficient (Wildman–Crippen LogP) is 3.40. The fraction of sp³-hybridized carbons (Fsp3) is 0.267. The number of hydrogen-bond acceptors (Lipinski definition) is 3. The first-order valence-electron chi connectivity index (χ1n) is 6.48. The SMILES string of the molecule is c1ccc(NNc2ccc3c(n2)CCCC3)cc1. The van der Waals surface area contributed by atoms with Gasteiger partial charge in [-0.05, 0) is 49.4 Å². The highest BCUT2D eigenvalue weighted by Gasteiger charge is 2.10. The highest BCUT2D eigenvalue weighted by atomic mass is 15.4. The van der Waals surface area contributed by atoms with E-state index in [1.807, 2.05) is 36.4 Å². The average molecular weight is 239 g/mol. The first-order valence-corrected chi connectivity index (χ1v) is 6.48. The van der Waals surface area contributed by atoms with Crippen molar-refractivity contribution >= 4 is 11.5 Å². The van der Waals surface area contributed by atoms with Gasteiger partial charge in [0.1, 0.15) is 5.82 Å². The van der Waals surface area contributed by atoms with Crippen molar-refractivity contribution in [1.82, 2.24) is 4.98 Å². The summed E-state index contributed by atoms with van der Waals surface area (Å²) in [6.45, 7) is 0. The summed E-state index contributed by atoms with van der Waals surface area (Å²) in [4.78, 5) is 4.65. The van der Waals surface area contributed by atoms with E-state index in [1.54, 1.807) is 0 Å². The van der Waals surface area contributed by atoms with Crippen LogP contribution in [0.5, 0.6) is 0 Å². The summed E-state index contributed by atoms with van der Waals surface area (Å²) < 4.78 is 0. The standard InChI is InChI=1S/C15H17N3/c1-2-7-13(8-3-1)17-18-15-11-10-12-6-4-5-9-14(12)16-15/h1-3,7-8,10-11,17H,4-6,9H2,(H,16,18). The van der Waals surface area contributed by atoms with Gasteiger partial charge in [-0.25, -0.2) is 4.98 Å². The number of fused-ring (bicyclic) bond motifs is 1. The van der Waals surface area contributed by atoms with Crippen LogP contribution in [0.3, 0.4) is 0 Å². The highest BCUT2D eigenvalue weighted by Crippen LogP contribution is 2.21. The Labute approximate surface area is 107 Å². The molecule has 92 valence electrons. The van der Waals surface area contributed by atoms with Gasteiger partial charge in [0, 0.05) is 5.69 Å². The largest absolute Gasteiger partial charge is 0.300 e. The maximum atomic E-state index is 4.65. The molecule has 2 N–H and O–H groups in total. The number of hydrazine groups is 1. The maximum absolute atomic E-state index is 4.65. The molecule has 18 heavy (non-hydrogen) atoms. The molecule has 0 unspecified atom stereocenters. The first-order chi connectivity index (χ1) is 8.92. The molecule has 1 aliphatic carbocycles. The molecular formula is C15H17N3. The number of anilines is 2. The third kappa shape index (κ3) is 2.45. The lowest BCUT2D eigenvalue weighted by Gasteiger charge is -2.16. The minimum absolute atomic E-state index is 0.888. The molecule has 0 saturated carbocycles. The third-order valence-corrected chi connectivity index (χ3v) is 3.29. The molecule has 2 aromatic rings.